The first kappa shape index (κ1) is 19.0. The van der Waals surface area contributed by atoms with Gasteiger partial charge in [0.05, 0.1) is 6.26 Å². The Morgan fingerprint density at radius 3 is 2.77 bits per heavy atom. The molecule has 8 nitrogen and oxygen atoms in total. The van der Waals surface area contributed by atoms with Gasteiger partial charge in [0.1, 0.15) is 28.8 Å². The average Bonchev–Trinajstić information content (AvgIpc) is 2.71. The van der Waals surface area contributed by atoms with Crippen molar-refractivity contribution < 1.29 is 27.0 Å². The van der Waals surface area contributed by atoms with E-state index < -0.39 is 20.8 Å². The van der Waals surface area contributed by atoms with Gasteiger partial charge in [0.25, 0.3) is 0 Å². The summed E-state index contributed by atoms with van der Waals surface area (Å²) in [5, 5.41) is 0. The summed E-state index contributed by atoms with van der Waals surface area (Å²) in [7, 11) is -6.44. The van der Waals surface area contributed by atoms with E-state index in [4.69, 9.17) is 9.47 Å². The van der Waals surface area contributed by atoms with Gasteiger partial charge in [-0.3, -0.25) is 9.11 Å². The molecule has 1 aliphatic rings. The molecule has 0 aliphatic carbocycles. The van der Waals surface area contributed by atoms with E-state index in [9.17, 15) is 17.5 Å². The third kappa shape index (κ3) is 4.87. The Labute approximate surface area is 153 Å². The Bertz CT molecular complexity index is 901. The van der Waals surface area contributed by atoms with Crippen LogP contribution in [0.4, 0.5) is 0 Å². The van der Waals surface area contributed by atoms with Gasteiger partial charge in [0.2, 0.25) is 10.0 Å². The summed E-state index contributed by atoms with van der Waals surface area (Å²) < 4.78 is 59.2. The van der Waals surface area contributed by atoms with Crippen molar-refractivity contribution in [3.8, 4) is 17.2 Å². The maximum absolute atomic E-state index is 11.2. The van der Waals surface area contributed by atoms with Gasteiger partial charge in [0, 0.05) is 19.2 Å². The summed E-state index contributed by atoms with van der Waals surface area (Å²) in [4.78, 5) is 0.238. The third-order valence-corrected chi connectivity index (χ3v) is 5.77. The number of fused-ring (bicyclic) bond motifs is 1. The molecule has 0 fully saturated rings. The van der Waals surface area contributed by atoms with Crippen molar-refractivity contribution in [3.63, 3.8) is 0 Å². The summed E-state index contributed by atoms with van der Waals surface area (Å²) in [6, 6.07) is 11.8. The van der Waals surface area contributed by atoms with Gasteiger partial charge >= 0.3 is 0 Å². The molecule has 2 aromatic carbocycles. The number of ether oxygens (including phenoxy) is 2. The van der Waals surface area contributed by atoms with Crippen molar-refractivity contribution in [2.75, 3.05) is 19.4 Å². The zero-order valence-electron chi connectivity index (χ0n) is 14.0. The fourth-order valence-electron chi connectivity index (χ4n) is 2.39. The van der Waals surface area contributed by atoms with Gasteiger partial charge in [-0.15, -0.1) is 10.8 Å². The van der Waals surface area contributed by atoms with E-state index >= 15 is 0 Å². The van der Waals surface area contributed by atoms with E-state index in [2.05, 4.69) is 9.44 Å². The fraction of sp³-hybridized carbons (Fsp3) is 0.250. The number of hydrogen-bond acceptors (Lipinski definition) is 7. The van der Waals surface area contributed by atoms with Crippen LogP contribution in [0.25, 0.3) is 0 Å². The maximum Gasteiger partial charge on any atom is 0.209 e. The van der Waals surface area contributed by atoms with Crippen molar-refractivity contribution in [1.29, 1.82) is 0 Å². The van der Waals surface area contributed by atoms with E-state index in [0.29, 0.717) is 30.4 Å². The quantitative estimate of drug-likeness (QED) is 0.609. The van der Waals surface area contributed by atoms with Crippen molar-refractivity contribution in [2.45, 2.75) is 11.4 Å². The Hall–Kier alpha value is -1.82. The molecule has 4 N–H and O–H groups in total. The molecule has 0 amide bonds. The van der Waals surface area contributed by atoms with Crippen LogP contribution in [-0.4, -0.2) is 36.9 Å². The van der Waals surface area contributed by atoms with Crippen molar-refractivity contribution in [1.82, 2.24) is 9.44 Å². The molecule has 0 saturated heterocycles. The molecule has 2 aromatic rings. The van der Waals surface area contributed by atoms with Gasteiger partial charge in [-0.2, -0.15) is 0 Å². The van der Waals surface area contributed by atoms with Gasteiger partial charge < -0.3 is 9.47 Å². The number of nitrogens with one attached hydrogen (secondary N) is 2. The molecule has 0 bridgehead atoms. The predicted molar refractivity (Wildman–Crippen MR) is 99.3 cm³/mol. The highest BCUT2D eigenvalue weighted by Gasteiger charge is 2.24. The van der Waals surface area contributed by atoms with Gasteiger partial charge in [-0.05, 0) is 29.8 Å². The molecule has 0 saturated carbocycles. The lowest BCUT2D eigenvalue weighted by atomic mass is 10.2. The summed E-state index contributed by atoms with van der Waals surface area (Å²) >= 11 is 0. The van der Waals surface area contributed by atoms with E-state index in [1.54, 1.807) is 36.4 Å². The van der Waals surface area contributed by atoms with Crippen molar-refractivity contribution >= 4 is 20.8 Å². The second-order valence-electron chi connectivity index (χ2n) is 5.74. The molecule has 10 heteroatoms. The highest BCUT2D eigenvalue weighted by molar-refractivity contribution is 8.22. The van der Waals surface area contributed by atoms with Gasteiger partial charge in [-0.1, -0.05) is 12.1 Å². The number of hydrogen-bond donors (Lipinski definition) is 4. The Morgan fingerprint density at radius 2 is 2.00 bits per heavy atom. The molecule has 0 atom stereocenters. The standard InChI is InChI=1S/C16H20N2O6S2/c1-25(19,20)18-11-12-3-2-4-13(9-12)24-14-5-6-15-16(10-14)26(21,22)17-7-8-23-15/h2-6,9-10,17-18,21-22H,7-8,11H2,1H3. The summed E-state index contributed by atoms with van der Waals surface area (Å²) in [6.45, 7) is 0.805. The van der Waals surface area contributed by atoms with Gasteiger partial charge in [-0.25, -0.2) is 17.9 Å². The lowest BCUT2D eigenvalue weighted by molar-refractivity contribution is 0.320. The highest BCUT2D eigenvalue weighted by Crippen LogP contribution is 2.51. The monoisotopic (exact) mass is 400 g/mol. The van der Waals surface area contributed by atoms with Crippen LogP contribution < -0.4 is 18.9 Å². The van der Waals surface area contributed by atoms with Crippen molar-refractivity contribution in [3.05, 3.63) is 48.0 Å². The van der Waals surface area contributed by atoms with Crippen molar-refractivity contribution in [2.24, 2.45) is 0 Å². The minimum Gasteiger partial charge on any atom is -0.490 e. The molecule has 1 aliphatic heterocycles. The molecule has 0 unspecified atom stereocenters. The number of sulfonamides is 1. The van der Waals surface area contributed by atoms with Crippen LogP contribution in [0.15, 0.2) is 47.4 Å². The van der Waals surface area contributed by atoms with E-state index in [0.717, 1.165) is 11.8 Å². The highest BCUT2D eigenvalue weighted by atomic mass is 32.3. The minimum atomic E-state index is -3.29. The van der Waals surface area contributed by atoms with Gasteiger partial charge in [0.15, 0.2) is 0 Å². The third-order valence-electron chi connectivity index (χ3n) is 3.56. The summed E-state index contributed by atoms with van der Waals surface area (Å²) in [5.74, 6) is 1.30. The van der Waals surface area contributed by atoms with Crippen LogP contribution in [0.2, 0.25) is 0 Å². The molecule has 1 heterocycles. The Kier molecular flexibility index (Phi) is 5.42. The molecular formula is C16H20N2O6S2. The first-order valence-corrected chi connectivity index (χ1v) is 11.2. The van der Waals surface area contributed by atoms with Crippen LogP contribution in [-0.2, 0) is 16.6 Å². The van der Waals surface area contributed by atoms with E-state index in [1.165, 1.54) is 6.07 Å². The second kappa shape index (κ2) is 7.43. The molecule has 0 spiro atoms. The molecule has 0 radical (unpaired) electrons. The molecule has 0 aromatic heterocycles. The molecule has 3 rings (SSSR count). The summed E-state index contributed by atoms with van der Waals surface area (Å²) in [6.07, 6.45) is 1.09. The van der Waals surface area contributed by atoms with Crippen LogP contribution in [0.1, 0.15) is 5.56 Å². The normalized spacial score (nSPS) is 17.5. The average molecular weight is 400 g/mol. The zero-order chi connectivity index (χ0) is 18.8. The van der Waals surface area contributed by atoms with E-state index in [1.807, 2.05) is 0 Å². The number of rotatable bonds is 5. The first-order valence-electron chi connectivity index (χ1n) is 7.74. The fourth-order valence-corrected chi connectivity index (χ4v) is 4.03. The minimum absolute atomic E-state index is 0.151. The van der Waals surface area contributed by atoms with Crippen LogP contribution >= 0.6 is 10.8 Å². The smallest absolute Gasteiger partial charge is 0.209 e. The molecule has 142 valence electrons. The topological polar surface area (TPSA) is 117 Å². The number of benzene rings is 2. The lowest BCUT2D eigenvalue weighted by Crippen LogP contribution is -2.21. The van der Waals surface area contributed by atoms with Crippen LogP contribution in [0.3, 0.4) is 0 Å². The zero-order valence-corrected chi connectivity index (χ0v) is 15.6. The predicted octanol–water partition coefficient (Wildman–Crippen LogP) is 2.53. The molecular weight excluding hydrogens is 380 g/mol. The Morgan fingerprint density at radius 1 is 1.23 bits per heavy atom. The SMILES string of the molecule is CS(=O)(=O)NCc1cccc(Oc2ccc3c(c2)S(O)(O)NCCO3)c1. The Balaban J connectivity index is 1.80. The largest absolute Gasteiger partial charge is 0.490 e. The van der Waals surface area contributed by atoms with Crippen LogP contribution in [0, 0.1) is 0 Å². The molecule has 26 heavy (non-hydrogen) atoms. The first-order chi connectivity index (χ1) is 12.2. The lowest BCUT2D eigenvalue weighted by Gasteiger charge is -2.31. The second-order valence-corrected chi connectivity index (χ2v) is 9.40. The van der Waals surface area contributed by atoms with E-state index in [-0.39, 0.29) is 11.4 Å². The summed E-state index contributed by atoms with van der Waals surface area (Å²) in [5.41, 5.74) is 0.733. The maximum atomic E-state index is 11.2. The van der Waals surface area contributed by atoms with Crippen LogP contribution in [0.5, 0.6) is 17.2 Å².